The monoisotopic (exact) mass is 166 g/mol. The molecule has 0 saturated heterocycles. The molecule has 0 aliphatic heterocycles. The number of hydrogen-bond acceptors (Lipinski definition) is 3. The first-order valence-electron chi connectivity index (χ1n) is 3.50. The number of nitrogens with two attached hydrogens (primary N) is 1. The van der Waals surface area contributed by atoms with Crippen molar-refractivity contribution in [3.63, 3.8) is 0 Å². The molecule has 0 aromatic carbocycles. The van der Waals surface area contributed by atoms with Gasteiger partial charge in [0.2, 0.25) is 0 Å². The van der Waals surface area contributed by atoms with Gasteiger partial charge in [-0.1, -0.05) is 6.07 Å². The molecule has 1 atom stereocenters. The lowest BCUT2D eigenvalue weighted by molar-refractivity contribution is 0.676. The minimum Gasteiger partial charge on any atom is -0.323 e. The van der Waals surface area contributed by atoms with Crippen LogP contribution in [-0.4, -0.2) is 0 Å². The van der Waals surface area contributed by atoms with Crippen LogP contribution in [0.2, 0.25) is 0 Å². The van der Waals surface area contributed by atoms with Gasteiger partial charge in [0.05, 0.1) is 6.07 Å². The lowest BCUT2D eigenvalue weighted by atomic mass is 10.1. The molecule has 3 heteroatoms. The highest BCUT2D eigenvalue weighted by atomic mass is 32.1. The molecular formula is C8H10N2S. The van der Waals surface area contributed by atoms with Gasteiger partial charge in [0.25, 0.3) is 0 Å². The lowest BCUT2D eigenvalue weighted by Crippen LogP contribution is -2.07. The molecule has 0 saturated carbocycles. The Morgan fingerprint density at radius 1 is 1.73 bits per heavy atom. The van der Waals surface area contributed by atoms with Crippen LogP contribution in [0.15, 0.2) is 17.5 Å². The average molecular weight is 166 g/mol. The Bertz CT molecular complexity index is 235. The second kappa shape index (κ2) is 4.12. The molecule has 0 aliphatic carbocycles. The van der Waals surface area contributed by atoms with Gasteiger partial charge >= 0.3 is 0 Å². The maximum Gasteiger partial charge on any atom is 0.0622 e. The van der Waals surface area contributed by atoms with E-state index in [1.54, 1.807) is 11.3 Å². The van der Waals surface area contributed by atoms with Crippen LogP contribution in [0.1, 0.15) is 23.8 Å². The van der Waals surface area contributed by atoms with Gasteiger partial charge in [0.15, 0.2) is 0 Å². The molecule has 1 aromatic heterocycles. The fraction of sp³-hybridized carbons (Fsp3) is 0.375. The van der Waals surface area contributed by atoms with E-state index >= 15 is 0 Å². The van der Waals surface area contributed by atoms with E-state index in [0.29, 0.717) is 6.42 Å². The van der Waals surface area contributed by atoms with Crippen LogP contribution in [0, 0.1) is 11.3 Å². The number of nitrogens with zero attached hydrogens (tertiary/aromatic N) is 1. The third-order valence-corrected chi connectivity index (χ3v) is 2.48. The van der Waals surface area contributed by atoms with Gasteiger partial charge in [-0.2, -0.15) is 5.26 Å². The highest BCUT2D eigenvalue weighted by molar-refractivity contribution is 7.10. The molecule has 1 rings (SSSR count). The molecular weight excluding hydrogens is 156 g/mol. The third kappa shape index (κ3) is 2.34. The van der Waals surface area contributed by atoms with Crippen molar-refractivity contribution in [2.45, 2.75) is 18.9 Å². The van der Waals surface area contributed by atoms with E-state index in [9.17, 15) is 0 Å². The minimum atomic E-state index is 0.0506. The van der Waals surface area contributed by atoms with Gasteiger partial charge in [0.1, 0.15) is 0 Å². The zero-order valence-electron chi connectivity index (χ0n) is 6.16. The van der Waals surface area contributed by atoms with Gasteiger partial charge in [-0.05, 0) is 17.9 Å². The Kier molecular flexibility index (Phi) is 3.09. The van der Waals surface area contributed by atoms with Crippen molar-refractivity contribution in [1.82, 2.24) is 0 Å². The highest BCUT2D eigenvalue weighted by Crippen LogP contribution is 2.20. The van der Waals surface area contributed by atoms with Gasteiger partial charge in [0, 0.05) is 17.3 Å². The fourth-order valence-electron chi connectivity index (χ4n) is 0.865. The van der Waals surface area contributed by atoms with Crippen molar-refractivity contribution in [1.29, 1.82) is 5.26 Å². The molecule has 0 fully saturated rings. The largest absolute Gasteiger partial charge is 0.323 e. The van der Waals surface area contributed by atoms with Crippen LogP contribution in [0.4, 0.5) is 0 Å². The topological polar surface area (TPSA) is 49.8 Å². The molecule has 11 heavy (non-hydrogen) atoms. The maximum atomic E-state index is 8.31. The number of nitriles is 1. The van der Waals surface area contributed by atoms with Crippen molar-refractivity contribution in [3.05, 3.63) is 22.4 Å². The predicted molar refractivity (Wildman–Crippen MR) is 46.1 cm³/mol. The molecule has 2 N–H and O–H groups in total. The van der Waals surface area contributed by atoms with Crippen LogP contribution in [0.5, 0.6) is 0 Å². The maximum absolute atomic E-state index is 8.31. The second-order valence-corrected chi connectivity index (χ2v) is 3.30. The van der Waals surface area contributed by atoms with Crippen molar-refractivity contribution in [2.75, 3.05) is 0 Å². The summed E-state index contributed by atoms with van der Waals surface area (Å²) in [5.74, 6) is 0. The van der Waals surface area contributed by atoms with E-state index in [1.807, 2.05) is 17.5 Å². The van der Waals surface area contributed by atoms with Crippen molar-refractivity contribution >= 4 is 11.3 Å². The van der Waals surface area contributed by atoms with Gasteiger partial charge < -0.3 is 5.73 Å². The van der Waals surface area contributed by atoms with Gasteiger partial charge in [-0.25, -0.2) is 0 Å². The SMILES string of the molecule is N#CCCC(N)c1cccs1. The van der Waals surface area contributed by atoms with Crippen molar-refractivity contribution in [2.24, 2.45) is 5.73 Å². The third-order valence-electron chi connectivity index (χ3n) is 1.48. The van der Waals surface area contributed by atoms with Crippen LogP contribution >= 0.6 is 11.3 Å². The average Bonchev–Trinajstić information content (AvgIpc) is 2.52. The molecule has 0 bridgehead atoms. The summed E-state index contributed by atoms with van der Waals surface area (Å²) in [5.41, 5.74) is 5.78. The van der Waals surface area contributed by atoms with Gasteiger partial charge in [-0.3, -0.25) is 0 Å². The van der Waals surface area contributed by atoms with Crippen molar-refractivity contribution in [3.8, 4) is 6.07 Å². The Labute approximate surface area is 70.3 Å². The van der Waals surface area contributed by atoms with E-state index < -0.39 is 0 Å². The van der Waals surface area contributed by atoms with E-state index in [1.165, 1.54) is 4.88 Å². The molecule has 0 amide bonds. The normalized spacial score (nSPS) is 12.4. The summed E-state index contributed by atoms with van der Waals surface area (Å²) in [6.45, 7) is 0. The predicted octanol–water partition coefficient (Wildman–Crippen LogP) is 2.05. The summed E-state index contributed by atoms with van der Waals surface area (Å²) in [7, 11) is 0. The summed E-state index contributed by atoms with van der Waals surface area (Å²) in [4.78, 5) is 1.17. The summed E-state index contributed by atoms with van der Waals surface area (Å²) < 4.78 is 0. The van der Waals surface area contributed by atoms with E-state index in [-0.39, 0.29) is 6.04 Å². The first kappa shape index (κ1) is 8.25. The molecule has 0 radical (unpaired) electrons. The highest BCUT2D eigenvalue weighted by Gasteiger charge is 2.04. The number of thiophene rings is 1. The van der Waals surface area contributed by atoms with Crippen LogP contribution in [0.3, 0.4) is 0 Å². The summed E-state index contributed by atoms with van der Waals surface area (Å²) >= 11 is 1.65. The lowest BCUT2D eigenvalue weighted by Gasteiger charge is -2.04. The quantitative estimate of drug-likeness (QED) is 0.747. The Balaban J connectivity index is 2.44. The van der Waals surface area contributed by atoms with E-state index in [4.69, 9.17) is 11.0 Å². The zero-order valence-corrected chi connectivity index (χ0v) is 6.97. The molecule has 1 aromatic rings. The molecule has 0 spiro atoms. The summed E-state index contributed by atoms with van der Waals surface area (Å²) in [6.07, 6.45) is 1.30. The fourth-order valence-corrected chi connectivity index (χ4v) is 1.63. The first-order chi connectivity index (χ1) is 5.34. The van der Waals surface area contributed by atoms with Gasteiger partial charge in [-0.15, -0.1) is 11.3 Å². The number of rotatable bonds is 3. The Hall–Kier alpha value is -0.850. The van der Waals surface area contributed by atoms with E-state index in [2.05, 4.69) is 6.07 Å². The molecule has 2 nitrogen and oxygen atoms in total. The Morgan fingerprint density at radius 2 is 2.55 bits per heavy atom. The van der Waals surface area contributed by atoms with Crippen molar-refractivity contribution < 1.29 is 0 Å². The molecule has 1 heterocycles. The van der Waals surface area contributed by atoms with Crippen LogP contribution in [0.25, 0.3) is 0 Å². The minimum absolute atomic E-state index is 0.0506. The number of hydrogen-bond donors (Lipinski definition) is 1. The summed E-state index contributed by atoms with van der Waals surface area (Å²) in [5, 5.41) is 10.3. The second-order valence-electron chi connectivity index (χ2n) is 2.32. The summed E-state index contributed by atoms with van der Waals surface area (Å²) in [6, 6.07) is 6.12. The molecule has 0 aliphatic rings. The van der Waals surface area contributed by atoms with E-state index in [0.717, 1.165) is 6.42 Å². The standard InChI is InChI=1S/C8H10N2S/c9-5-1-3-7(10)8-4-2-6-11-8/h2,4,6-7H,1,3,10H2. The molecule has 58 valence electrons. The zero-order chi connectivity index (χ0) is 8.10. The van der Waals surface area contributed by atoms with Crippen LogP contribution in [-0.2, 0) is 0 Å². The van der Waals surface area contributed by atoms with Crippen LogP contribution < -0.4 is 5.73 Å². The smallest absolute Gasteiger partial charge is 0.0622 e. The molecule has 1 unspecified atom stereocenters. The Morgan fingerprint density at radius 3 is 3.09 bits per heavy atom. The first-order valence-corrected chi connectivity index (χ1v) is 4.38.